The van der Waals surface area contributed by atoms with Crippen molar-refractivity contribution < 1.29 is 9.90 Å². The first kappa shape index (κ1) is 17.1. The number of ketones is 1. The number of aromatic hydroxyl groups is 1. The van der Waals surface area contributed by atoms with Gasteiger partial charge in [0, 0.05) is 11.4 Å². The van der Waals surface area contributed by atoms with E-state index in [4.69, 9.17) is 17.3 Å². The monoisotopic (exact) mass is 291 g/mol. The third kappa shape index (κ3) is 4.75. The van der Waals surface area contributed by atoms with Crippen molar-refractivity contribution >= 4 is 35.5 Å². The molecule has 0 aliphatic carbocycles. The SMILES string of the molecule is CCCCCCC(=O)c1cc(Cl)cc(N)c1O.Cl. The number of Topliss-reactive ketones (excluding diaryl/α,β-unsaturated/α-hetero) is 1. The molecule has 0 aliphatic rings. The van der Waals surface area contributed by atoms with Crippen molar-refractivity contribution in [3.63, 3.8) is 0 Å². The van der Waals surface area contributed by atoms with Gasteiger partial charge in [0.1, 0.15) is 5.75 Å². The minimum atomic E-state index is -0.158. The average molecular weight is 292 g/mol. The van der Waals surface area contributed by atoms with Crippen molar-refractivity contribution in [3.8, 4) is 5.75 Å². The summed E-state index contributed by atoms with van der Waals surface area (Å²) in [5, 5.41) is 10.1. The van der Waals surface area contributed by atoms with Crippen LogP contribution < -0.4 is 5.73 Å². The highest BCUT2D eigenvalue weighted by atomic mass is 35.5. The highest BCUT2D eigenvalue weighted by Gasteiger charge is 2.14. The molecule has 0 aliphatic heterocycles. The number of rotatable bonds is 6. The first-order valence-electron chi connectivity index (χ1n) is 5.87. The van der Waals surface area contributed by atoms with E-state index in [1.807, 2.05) is 0 Å². The molecule has 0 saturated carbocycles. The summed E-state index contributed by atoms with van der Waals surface area (Å²) in [6.45, 7) is 2.12. The number of benzene rings is 1. The molecule has 0 amide bonds. The molecule has 0 bridgehead atoms. The van der Waals surface area contributed by atoms with Gasteiger partial charge in [-0.2, -0.15) is 0 Å². The summed E-state index contributed by atoms with van der Waals surface area (Å²) in [4.78, 5) is 11.9. The number of nitrogen functional groups attached to an aromatic ring is 1. The van der Waals surface area contributed by atoms with Gasteiger partial charge in [0.2, 0.25) is 0 Å². The van der Waals surface area contributed by atoms with Crippen molar-refractivity contribution in [3.05, 3.63) is 22.7 Å². The Kier molecular flexibility index (Phi) is 7.80. The maximum Gasteiger partial charge on any atom is 0.166 e. The zero-order valence-corrected chi connectivity index (χ0v) is 12.0. The molecule has 3 nitrogen and oxygen atoms in total. The summed E-state index contributed by atoms with van der Waals surface area (Å²) in [5.74, 6) is -0.261. The smallest absolute Gasteiger partial charge is 0.166 e. The Morgan fingerprint density at radius 2 is 2.00 bits per heavy atom. The highest BCUT2D eigenvalue weighted by Crippen LogP contribution is 2.30. The standard InChI is InChI=1S/C13H18ClNO2.ClH/c1-2-3-4-5-6-12(16)10-7-9(14)8-11(15)13(10)17;/h7-8,17H,2-6,15H2,1H3;1H. The molecule has 0 radical (unpaired) electrons. The number of carbonyl (C=O) groups excluding carboxylic acids is 1. The quantitative estimate of drug-likeness (QED) is 0.357. The molecule has 0 atom stereocenters. The van der Waals surface area contributed by atoms with Crippen LogP contribution in [0.25, 0.3) is 0 Å². The van der Waals surface area contributed by atoms with Gasteiger partial charge < -0.3 is 10.8 Å². The average Bonchev–Trinajstić information content (AvgIpc) is 2.29. The number of carbonyl (C=O) groups is 1. The Hall–Kier alpha value is -0.930. The summed E-state index contributed by atoms with van der Waals surface area (Å²) in [6.07, 6.45) is 4.53. The minimum absolute atomic E-state index is 0. The summed E-state index contributed by atoms with van der Waals surface area (Å²) in [5.41, 5.74) is 5.92. The summed E-state index contributed by atoms with van der Waals surface area (Å²) in [6, 6.07) is 2.90. The molecule has 0 spiro atoms. The van der Waals surface area contributed by atoms with E-state index in [2.05, 4.69) is 6.92 Å². The zero-order valence-electron chi connectivity index (χ0n) is 10.4. The molecule has 0 aromatic heterocycles. The Morgan fingerprint density at radius 1 is 1.33 bits per heavy atom. The molecule has 1 rings (SSSR count). The van der Waals surface area contributed by atoms with Gasteiger partial charge in [-0.3, -0.25) is 4.79 Å². The number of unbranched alkanes of at least 4 members (excludes halogenated alkanes) is 3. The highest BCUT2D eigenvalue weighted by molar-refractivity contribution is 6.31. The molecule has 1 aromatic rings. The van der Waals surface area contributed by atoms with Crippen LogP contribution in [0.2, 0.25) is 5.02 Å². The van der Waals surface area contributed by atoms with Crippen LogP contribution >= 0.6 is 24.0 Å². The number of phenols is 1. The Labute approximate surface area is 119 Å². The van der Waals surface area contributed by atoms with Crippen molar-refractivity contribution in [1.82, 2.24) is 0 Å². The van der Waals surface area contributed by atoms with Crippen LogP contribution in [-0.2, 0) is 0 Å². The summed E-state index contributed by atoms with van der Waals surface area (Å²) >= 11 is 5.81. The van der Waals surface area contributed by atoms with Gasteiger partial charge in [-0.15, -0.1) is 12.4 Å². The second kappa shape index (κ2) is 8.22. The third-order valence-corrected chi connectivity index (χ3v) is 2.88. The summed E-state index contributed by atoms with van der Waals surface area (Å²) < 4.78 is 0. The largest absolute Gasteiger partial charge is 0.505 e. The number of hydrogen-bond acceptors (Lipinski definition) is 3. The van der Waals surface area contributed by atoms with Gasteiger partial charge in [0.15, 0.2) is 5.78 Å². The van der Waals surface area contributed by atoms with Crippen LogP contribution in [0.4, 0.5) is 5.69 Å². The van der Waals surface area contributed by atoms with E-state index in [-0.39, 0.29) is 35.2 Å². The molecule has 5 heteroatoms. The lowest BCUT2D eigenvalue weighted by molar-refractivity contribution is 0.0976. The second-order valence-corrected chi connectivity index (χ2v) is 4.56. The van der Waals surface area contributed by atoms with Gasteiger partial charge in [0.25, 0.3) is 0 Å². The van der Waals surface area contributed by atoms with Crippen molar-refractivity contribution in [2.45, 2.75) is 39.0 Å². The predicted molar refractivity (Wildman–Crippen MR) is 77.9 cm³/mol. The maximum absolute atomic E-state index is 11.9. The predicted octanol–water partition coefficient (Wildman–Crippen LogP) is 4.20. The lowest BCUT2D eigenvalue weighted by Crippen LogP contribution is -2.01. The molecular weight excluding hydrogens is 273 g/mol. The van der Waals surface area contributed by atoms with Crippen LogP contribution in [0.15, 0.2) is 12.1 Å². The molecule has 1 aromatic carbocycles. The minimum Gasteiger partial charge on any atom is -0.505 e. The Balaban J connectivity index is 0.00000289. The first-order valence-corrected chi connectivity index (χ1v) is 6.25. The fraction of sp³-hybridized carbons (Fsp3) is 0.462. The zero-order chi connectivity index (χ0) is 12.8. The van der Waals surface area contributed by atoms with E-state index in [0.717, 1.165) is 25.7 Å². The Bertz CT molecular complexity index is 408. The lowest BCUT2D eigenvalue weighted by atomic mass is 10.0. The van der Waals surface area contributed by atoms with E-state index in [9.17, 15) is 9.90 Å². The van der Waals surface area contributed by atoms with Crippen LogP contribution in [0.5, 0.6) is 5.75 Å². The maximum atomic E-state index is 11.9. The molecule has 0 fully saturated rings. The van der Waals surface area contributed by atoms with E-state index in [1.165, 1.54) is 12.1 Å². The van der Waals surface area contributed by atoms with E-state index in [1.54, 1.807) is 0 Å². The fourth-order valence-corrected chi connectivity index (χ4v) is 1.91. The lowest BCUT2D eigenvalue weighted by Gasteiger charge is -2.07. The van der Waals surface area contributed by atoms with Crippen molar-refractivity contribution in [1.29, 1.82) is 0 Å². The number of nitrogens with two attached hydrogens (primary N) is 1. The molecular formula is C13H19Cl2NO2. The number of phenolic OH excluding ortho intramolecular Hbond substituents is 1. The summed E-state index contributed by atoms with van der Waals surface area (Å²) in [7, 11) is 0. The first-order chi connectivity index (χ1) is 8.06. The van der Waals surface area contributed by atoms with E-state index in [0.29, 0.717) is 11.4 Å². The van der Waals surface area contributed by atoms with Gasteiger partial charge in [-0.05, 0) is 18.6 Å². The van der Waals surface area contributed by atoms with Crippen molar-refractivity contribution in [2.24, 2.45) is 0 Å². The van der Waals surface area contributed by atoms with E-state index >= 15 is 0 Å². The van der Waals surface area contributed by atoms with Gasteiger partial charge in [0.05, 0.1) is 11.3 Å². The molecule has 3 N–H and O–H groups in total. The molecule has 0 saturated heterocycles. The molecule has 18 heavy (non-hydrogen) atoms. The van der Waals surface area contributed by atoms with Gasteiger partial charge in [-0.1, -0.05) is 37.8 Å². The number of anilines is 1. The third-order valence-electron chi connectivity index (χ3n) is 2.66. The normalized spacial score (nSPS) is 9.89. The van der Waals surface area contributed by atoms with Crippen LogP contribution in [-0.4, -0.2) is 10.9 Å². The van der Waals surface area contributed by atoms with Crippen LogP contribution in [0, 0.1) is 0 Å². The fourth-order valence-electron chi connectivity index (χ4n) is 1.68. The van der Waals surface area contributed by atoms with Gasteiger partial charge in [-0.25, -0.2) is 0 Å². The van der Waals surface area contributed by atoms with Crippen LogP contribution in [0.3, 0.4) is 0 Å². The second-order valence-electron chi connectivity index (χ2n) is 4.13. The number of hydrogen-bond donors (Lipinski definition) is 2. The van der Waals surface area contributed by atoms with Crippen LogP contribution in [0.1, 0.15) is 49.4 Å². The topological polar surface area (TPSA) is 63.3 Å². The van der Waals surface area contributed by atoms with Gasteiger partial charge >= 0.3 is 0 Å². The molecule has 0 unspecified atom stereocenters. The molecule has 0 heterocycles. The molecule has 102 valence electrons. The number of halogens is 2. The van der Waals surface area contributed by atoms with Crippen molar-refractivity contribution in [2.75, 3.05) is 5.73 Å². The Morgan fingerprint density at radius 3 is 2.61 bits per heavy atom. The van der Waals surface area contributed by atoms with E-state index < -0.39 is 0 Å².